The number of anilines is 1. The first-order valence-corrected chi connectivity index (χ1v) is 10.3. The molecule has 1 saturated carbocycles. The Labute approximate surface area is 173 Å². The number of hydrogen-bond donors (Lipinski definition) is 2. The van der Waals surface area contributed by atoms with E-state index in [4.69, 9.17) is 19.4 Å². The lowest BCUT2D eigenvalue weighted by Crippen LogP contribution is -2.40. The normalized spacial score (nSPS) is 19.9. The summed E-state index contributed by atoms with van der Waals surface area (Å²) in [6.07, 6.45) is 6.28. The third-order valence-electron chi connectivity index (χ3n) is 5.65. The number of piperidine rings is 1. The number of nitrogens with one attached hydrogen (secondary N) is 2. The molecule has 158 valence electrons. The van der Waals surface area contributed by atoms with Crippen LogP contribution in [-0.4, -0.2) is 70.8 Å². The predicted molar refractivity (Wildman–Crippen MR) is 107 cm³/mol. The minimum absolute atomic E-state index is 0.124. The Hall–Kier alpha value is -3.01. The maximum absolute atomic E-state index is 12.1. The van der Waals surface area contributed by atoms with E-state index in [1.807, 2.05) is 6.07 Å². The quantitative estimate of drug-likeness (QED) is 0.693. The summed E-state index contributed by atoms with van der Waals surface area (Å²) in [5, 5.41) is 15.1. The van der Waals surface area contributed by atoms with Crippen LogP contribution in [0.15, 0.2) is 16.8 Å². The lowest BCUT2D eigenvalue weighted by molar-refractivity contribution is 0.0211. The Morgan fingerprint density at radius 2 is 2.07 bits per heavy atom. The SMILES string of the molecule is N=Cc1ncc(-c2nc(C3CCN(C(=O)OC4CC4)CC3)no2)cc1NC1COC1. The topological polar surface area (TPSA) is 126 Å². The number of rotatable bonds is 6. The zero-order chi connectivity index (χ0) is 20.5. The molecule has 5 rings (SSSR count). The minimum Gasteiger partial charge on any atom is -0.446 e. The van der Waals surface area contributed by atoms with Gasteiger partial charge in [0.25, 0.3) is 5.89 Å². The average molecular weight is 412 g/mol. The second-order valence-electron chi connectivity index (χ2n) is 7.98. The molecule has 2 aromatic rings. The van der Waals surface area contributed by atoms with Crippen molar-refractivity contribution < 1.29 is 18.8 Å². The summed E-state index contributed by atoms with van der Waals surface area (Å²) >= 11 is 0. The smallest absolute Gasteiger partial charge is 0.410 e. The molecule has 30 heavy (non-hydrogen) atoms. The zero-order valence-electron chi connectivity index (χ0n) is 16.5. The summed E-state index contributed by atoms with van der Waals surface area (Å²) in [4.78, 5) is 22.8. The van der Waals surface area contributed by atoms with Gasteiger partial charge in [0.15, 0.2) is 5.82 Å². The fraction of sp³-hybridized carbons (Fsp3) is 0.550. The van der Waals surface area contributed by atoms with Gasteiger partial charge in [0.1, 0.15) is 11.8 Å². The molecule has 0 bridgehead atoms. The number of aromatic nitrogens is 3. The molecule has 2 N–H and O–H groups in total. The van der Waals surface area contributed by atoms with Gasteiger partial charge in [-0.1, -0.05) is 5.16 Å². The fourth-order valence-corrected chi connectivity index (χ4v) is 3.60. The molecule has 2 aliphatic heterocycles. The molecule has 0 unspecified atom stereocenters. The summed E-state index contributed by atoms with van der Waals surface area (Å²) in [6, 6.07) is 2.09. The van der Waals surface area contributed by atoms with Gasteiger partial charge in [-0.15, -0.1) is 0 Å². The Bertz CT molecular complexity index is 931. The Morgan fingerprint density at radius 1 is 1.27 bits per heavy atom. The van der Waals surface area contributed by atoms with Gasteiger partial charge in [0.2, 0.25) is 0 Å². The molecule has 10 nitrogen and oxygen atoms in total. The molecule has 2 aromatic heterocycles. The lowest BCUT2D eigenvalue weighted by Gasteiger charge is -2.29. The molecule has 0 aromatic carbocycles. The summed E-state index contributed by atoms with van der Waals surface area (Å²) in [5.74, 6) is 1.20. The van der Waals surface area contributed by atoms with E-state index in [2.05, 4.69) is 20.4 Å². The van der Waals surface area contributed by atoms with Gasteiger partial charge in [-0.3, -0.25) is 4.98 Å². The van der Waals surface area contributed by atoms with Crippen LogP contribution in [0.2, 0.25) is 0 Å². The van der Waals surface area contributed by atoms with Crippen molar-refractivity contribution in [2.45, 2.75) is 43.7 Å². The van der Waals surface area contributed by atoms with Crippen LogP contribution in [-0.2, 0) is 9.47 Å². The van der Waals surface area contributed by atoms with E-state index in [0.29, 0.717) is 49.3 Å². The van der Waals surface area contributed by atoms with Crippen LogP contribution >= 0.6 is 0 Å². The van der Waals surface area contributed by atoms with Gasteiger partial charge >= 0.3 is 6.09 Å². The molecular weight excluding hydrogens is 388 g/mol. The largest absolute Gasteiger partial charge is 0.446 e. The highest BCUT2D eigenvalue weighted by Gasteiger charge is 2.32. The highest BCUT2D eigenvalue weighted by Crippen LogP contribution is 2.30. The van der Waals surface area contributed by atoms with Crippen molar-refractivity contribution in [2.24, 2.45) is 0 Å². The molecule has 2 saturated heterocycles. The molecular formula is C20H24N6O4. The van der Waals surface area contributed by atoms with E-state index in [0.717, 1.165) is 31.4 Å². The van der Waals surface area contributed by atoms with Gasteiger partial charge in [0.05, 0.1) is 30.5 Å². The zero-order valence-corrected chi connectivity index (χ0v) is 16.5. The highest BCUT2D eigenvalue weighted by molar-refractivity contribution is 5.84. The molecule has 10 heteroatoms. The second-order valence-corrected chi connectivity index (χ2v) is 7.98. The number of nitrogens with zero attached hydrogens (tertiary/aromatic N) is 4. The van der Waals surface area contributed by atoms with E-state index < -0.39 is 0 Å². The van der Waals surface area contributed by atoms with Crippen LogP contribution in [0.1, 0.15) is 43.1 Å². The van der Waals surface area contributed by atoms with Crippen LogP contribution in [0.4, 0.5) is 10.5 Å². The first kappa shape index (κ1) is 19.0. The number of carbonyl (C=O) groups is 1. The van der Waals surface area contributed by atoms with E-state index >= 15 is 0 Å². The number of amides is 1. The third kappa shape index (κ3) is 4.00. The molecule has 1 amide bonds. The molecule has 1 aliphatic carbocycles. The number of pyridine rings is 1. The summed E-state index contributed by atoms with van der Waals surface area (Å²) < 4.78 is 16.1. The van der Waals surface area contributed by atoms with Crippen molar-refractivity contribution in [1.82, 2.24) is 20.0 Å². The van der Waals surface area contributed by atoms with Gasteiger partial charge in [-0.25, -0.2) is 4.79 Å². The summed E-state index contributed by atoms with van der Waals surface area (Å²) in [6.45, 7) is 2.54. The maximum Gasteiger partial charge on any atom is 0.410 e. The minimum atomic E-state index is -0.209. The molecule has 0 radical (unpaired) electrons. The Balaban J connectivity index is 1.24. The fourth-order valence-electron chi connectivity index (χ4n) is 3.60. The number of hydrogen-bond acceptors (Lipinski definition) is 9. The highest BCUT2D eigenvalue weighted by atomic mass is 16.6. The third-order valence-corrected chi connectivity index (χ3v) is 5.65. The summed E-state index contributed by atoms with van der Waals surface area (Å²) in [5.41, 5.74) is 2.00. The van der Waals surface area contributed by atoms with E-state index in [1.54, 1.807) is 11.1 Å². The van der Waals surface area contributed by atoms with Crippen molar-refractivity contribution >= 4 is 18.0 Å². The Kier molecular flexibility index (Phi) is 5.07. The van der Waals surface area contributed by atoms with Crippen LogP contribution in [0.3, 0.4) is 0 Å². The molecule has 0 spiro atoms. The first-order chi connectivity index (χ1) is 14.7. The number of ether oxygens (including phenoxy) is 2. The van der Waals surface area contributed by atoms with Gasteiger partial charge in [0, 0.05) is 31.4 Å². The Morgan fingerprint density at radius 3 is 2.73 bits per heavy atom. The van der Waals surface area contributed by atoms with Crippen LogP contribution in [0.5, 0.6) is 0 Å². The van der Waals surface area contributed by atoms with Gasteiger partial charge < -0.3 is 29.6 Å². The molecule has 4 heterocycles. The monoisotopic (exact) mass is 412 g/mol. The second kappa shape index (κ2) is 8.02. The summed E-state index contributed by atoms with van der Waals surface area (Å²) in [7, 11) is 0. The van der Waals surface area contributed by atoms with E-state index in [1.165, 1.54) is 6.21 Å². The van der Waals surface area contributed by atoms with Crippen molar-refractivity contribution in [3.8, 4) is 11.5 Å². The van der Waals surface area contributed by atoms with Crippen molar-refractivity contribution in [3.05, 3.63) is 23.8 Å². The van der Waals surface area contributed by atoms with Crippen molar-refractivity contribution in [3.63, 3.8) is 0 Å². The number of likely N-dealkylation sites (tertiary alicyclic amines) is 1. The predicted octanol–water partition coefficient (Wildman–Crippen LogP) is 2.42. The average Bonchev–Trinajstić information content (AvgIpc) is 3.42. The van der Waals surface area contributed by atoms with Gasteiger partial charge in [-0.2, -0.15) is 4.98 Å². The van der Waals surface area contributed by atoms with E-state index in [9.17, 15) is 4.79 Å². The van der Waals surface area contributed by atoms with Crippen LogP contribution < -0.4 is 5.32 Å². The molecule has 3 aliphatic rings. The lowest BCUT2D eigenvalue weighted by atomic mass is 9.96. The standard InChI is InChI=1S/C20H24N6O4/c21-8-17-16(23-14-10-28-11-14)7-13(9-22-17)19-24-18(25-30-19)12-3-5-26(6-4-12)20(27)29-15-1-2-15/h7-9,12,14-15,21,23H,1-6,10-11H2. The van der Waals surface area contributed by atoms with Crippen molar-refractivity contribution in [2.75, 3.05) is 31.6 Å². The maximum atomic E-state index is 12.1. The number of carbonyl (C=O) groups excluding carboxylic acids is 1. The van der Waals surface area contributed by atoms with Crippen LogP contribution in [0.25, 0.3) is 11.5 Å². The first-order valence-electron chi connectivity index (χ1n) is 10.3. The van der Waals surface area contributed by atoms with E-state index in [-0.39, 0.29) is 24.2 Å². The molecule has 0 atom stereocenters. The van der Waals surface area contributed by atoms with Gasteiger partial charge in [-0.05, 0) is 31.7 Å². The van der Waals surface area contributed by atoms with Crippen molar-refractivity contribution in [1.29, 1.82) is 5.41 Å². The molecule has 3 fully saturated rings. The van der Waals surface area contributed by atoms with Crippen LogP contribution in [0, 0.1) is 5.41 Å².